The molecule has 0 saturated carbocycles. The van der Waals surface area contributed by atoms with E-state index in [0.717, 1.165) is 42.2 Å². The fourth-order valence-electron chi connectivity index (χ4n) is 3.73. The molecule has 2 aromatic carbocycles. The molecule has 3 atom stereocenters. The monoisotopic (exact) mass is 411 g/mol. The molecule has 2 heterocycles. The smallest absolute Gasteiger partial charge is 0.315 e. The third-order valence-electron chi connectivity index (χ3n) is 5.20. The van der Waals surface area contributed by atoms with Gasteiger partial charge in [0.15, 0.2) is 0 Å². The summed E-state index contributed by atoms with van der Waals surface area (Å²) in [5.74, 6) is 2.51. The minimum atomic E-state index is -0.0511. The molecule has 2 aliphatic heterocycles. The number of para-hydroxylation sites is 1. The van der Waals surface area contributed by atoms with Gasteiger partial charge < -0.3 is 20.7 Å². The molecule has 0 aromatic heterocycles. The zero-order valence-corrected chi connectivity index (χ0v) is 16.9. The van der Waals surface area contributed by atoms with Gasteiger partial charge in [0.05, 0.1) is 12.1 Å². The van der Waals surface area contributed by atoms with E-state index in [9.17, 15) is 9.59 Å². The van der Waals surface area contributed by atoms with Crippen molar-refractivity contribution in [3.63, 3.8) is 0 Å². The lowest BCUT2D eigenvalue weighted by atomic mass is 10.0. The highest BCUT2D eigenvalue weighted by Gasteiger charge is 2.42. The first kappa shape index (κ1) is 19.6. The van der Waals surface area contributed by atoms with E-state index in [-0.39, 0.29) is 24.0 Å². The molecular formula is C22H25N3O3S. The number of carbonyl (C=O) groups excluding carboxylic acids is 2. The van der Waals surface area contributed by atoms with Gasteiger partial charge in [-0.15, -0.1) is 0 Å². The van der Waals surface area contributed by atoms with Gasteiger partial charge in [-0.2, -0.15) is 11.8 Å². The third-order valence-corrected chi connectivity index (χ3v) is 6.71. The van der Waals surface area contributed by atoms with Crippen LogP contribution in [0.25, 0.3) is 0 Å². The second-order valence-corrected chi connectivity index (χ2v) is 8.63. The first-order valence-corrected chi connectivity index (χ1v) is 11.0. The number of carbonyl (C=O) groups is 2. The molecule has 0 aliphatic carbocycles. The van der Waals surface area contributed by atoms with Crippen molar-refractivity contribution in [1.82, 2.24) is 10.6 Å². The first-order valence-electron chi connectivity index (χ1n) is 9.99. The number of rotatable bonds is 8. The quantitative estimate of drug-likeness (QED) is 0.450. The van der Waals surface area contributed by atoms with E-state index in [1.165, 1.54) is 0 Å². The van der Waals surface area contributed by atoms with Crippen molar-refractivity contribution >= 4 is 29.4 Å². The molecule has 3 N–H and O–H groups in total. The van der Waals surface area contributed by atoms with Gasteiger partial charge in [-0.05, 0) is 49.2 Å². The Morgan fingerprint density at radius 2 is 1.79 bits per heavy atom. The van der Waals surface area contributed by atoms with Gasteiger partial charge >= 0.3 is 6.03 Å². The molecule has 2 aliphatic rings. The average Bonchev–Trinajstić information content (AvgIpc) is 3.27. The van der Waals surface area contributed by atoms with E-state index in [0.29, 0.717) is 11.7 Å². The molecule has 2 saturated heterocycles. The highest BCUT2D eigenvalue weighted by atomic mass is 32.2. The molecular weight excluding hydrogens is 386 g/mol. The first-order chi connectivity index (χ1) is 14.2. The van der Waals surface area contributed by atoms with Gasteiger partial charge in [0.1, 0.15) is 11.5 Å². The minimum Gasteiger partial charge on any atom is -0.457 e. The van der Waals surface area contributed by atoms with Crippen LogP contribution in [0.15, 0.2) is 54.6 Å². The third kappa shape index (κ3) is 5.23. The van der Waals surface area contributed by atoms with Crippen LogP contribution in [0.1, 0.15) is 25.7 Å². The van der Waals surface area contributed by atoms with Crippen molar-refractivity contribution < 1.29 is 14.3 Å². The fraction of sp³-hybridized carbons (Fsp3) is 0.364. The van der Waals surface area contributed by atoms with Crippen LogP contribution in [-0.2, 0) is 4.79 Å². The fourth-order valence-corrected chi connectivity index (χ4v) is 5.27. The van der Waals surface area contributed by atoms with Gasteiger partial charge in [-0.3, -0.25) is 4.79 Å². The molecule has 2 fully saturated rings. The van der Waals surface area contributed by atoms with Gasteiger partial charge in [0.2, 0.25) is 5.91 Å². The second kappa shape index (κ2) is 9.22. The summed E-state index contributed by atoms with van der Waals surface area (Å²) < 4.78 is 5.76. The van der Waals surface area contributed by atoms with Crippen molar-refractivity contribution in [2.75, 3.05) is 11.1 Å². The van der Waals surface area contributed by atoms with Crippen molar-refractivity contribution in [1.29, 1.82) is 0 Å². The molecule has 4 rings (SSSR count). The minimum absolute atomic E-state index is 0.0227. The van der Waals surface area contributed by atoms with Crippen LogP contribution in [0, 0.1) is 0 Å². The SMILES string of the molecule is O=C(CCCCC1SCC2NC(=O)NC21)Nc1ccc(Oc2ccccc2)cc1. The number of ether oxygens (including phenoxy) is 1. The number of anilines is 1. The molecule has 6 nitrogen and oxygen atoms in total. The molecule has 2 aromatic rings. The summed E-state index contributed by atoms with van der Waals surface area (Å²) in [6, 6.07) is 17.4. The summed E-state index contributed by atoms with van der Waals surface area (Å²) in [4.78, 5) is 23.6. The largest absolute Gasteiger partial charge is 0.457 e. The molecule has 7 heteroatoms. The molecule has 3 unspecified atom stereocenters. The number of benzene rings is 2. The van der Waals surface area contributed by atoms with Crippen molar-refractivity contribution in [2.24, 2.45) is 0 Å². The summed E-state index contributed by atoms with van der Waals surface area (Å²) >= 11 is 1.91. The van der Waals surface area contributed by atoms with Crippen molar-refractivity contribution in [2.45, 2.75) is 43.0 Å². The van der Waals surface area contributed by atoms with E-state index >= 15 is 0 Å². The van der Waals surface area contributed by atoms with E-state index in [2.05, 4.69) is 16.0 Å². The van der Waals surface area contributed by atoms with Crippen LogP contribution >= 0.6 is 11.8 Å². The Hall–Kier alpha value is -2.67. The predicted molar refractivity (Wildman–Crippen MR) is 116 cm³/mol. The Morgan fingerprint density at radius 1 is 1.03 bits per heavy atom. The normalized spacial score (nSPS) is 22.5. The van der Waals surface area contributed by atoms with Crippen LogP contribution < -0.4 is 20.7 Å². The Kier molecular flexibility index (Phi) is 6.24. The Bertz CT molecular complexity index is 844. The topological polar surface area (TPSA) is 79.5 Å². The number of urea groups is 1. The van der Waals surface area contributed by atoms with Crippen molar-refractivity contribution in [3.05, 3.63) is 54.6 Å². The second-order valence-electron chi connectivity index (χ2n) is 7.36. The maximum Gasteiger partial charge on any atom is 0.315 e. The van der Waals surface area contributed by atoms with Gasteiger partial charge in [0.25, 0.3) is 0 Å². The average molecular weight is 412 g/mol. The van der Waals surface area contributed by atoms with E-state index in [4.69, 9.17) is 4.74 Å². The Labute approximate surface area is 174 Å². The highest BCUT2D eigenvalue weighted by Crippen LogP contribution is 2.33. The van der Waals surface area contributed by atoms with Crippen molar-refractivity contribution in [3.8, 4) is 11.5 Å². The molecule has 0 bridgehead atoms. The van der Waals surface area contributed by atoms with Gasteiger partial charge in [-0.1, -0.05) is 24.6 Å². The van der Waals surface area contributed by atoms with E-state index in [1.54, 1.807) is 0 Å². The number of hydrogen-bond acceptors (Lipinski definition) is 4. The van der Waals surface area contributed by atoms with Crippen LogP contribution in [0.5, 0.6) is 11.5 Å². The maximum atomic E-state index is 12.2. The molecule has 3 amide bonds. The van der Waals surface area contributed by atoms with Crippen LogP contribution in [0.4, 0.5) is 10.5 Å². The number of thioether (sulfide) groups is 1. The predicted octanol–water partition coefficient (Wildman–Crippen LogP) is 4.14. The molecule has 29 heavy (non-hydrogen) atoms. The van der Waals surface area contributed by atoms with E-state index in [1.807, 2.05) is 66.4 Å². The van der Waals surface area contributed by atoms with Gasteiger partial charge in [0, 0.05) is 23.1 Å². The molecule has 0 radical (unpaired) electrons. The number of hydrogen-bond donors (Lipinski definition) is 3. The Balaban J connectivity index is 1.16. The van der Waals surface area contributed by atoms with Crippen LogP contribution in [0.2, 0.25) is 0 Å². The molecule has 152 valence electrons. The number of amides is 3. The maximum absolute atomic E-state index is 12.2. The zero-order chi connectivity index (χ0) is 20.1. The summed E-state index contributed by atoms with van der Waals surface area (Å²) in [6.07, 6.45) is 3.34. The Morgan fingerprint density at radius 3 is 2.59 bits per heavy atom. The number of unbranched alkanes of at least 4 members (excludes halogenated alkanes) is 1. The highest BCUT2D eigenvalue weighted by molar-refractivity contribution is 8.00. The summed E-state index contributed by atoms with van der Waals surface area (Å²) in [7, 11) is 0. The lowest BCUT2D eigenvalue weighted by molar-refractivity contribution is -0.116. The summed E-state index contributed by atoms with van der Waals surface area (Å²) in [5.41, 5.74) is 0.768. The number of fused-ring (bicyclic) bond motifs is 1. The van der Waals surface area contributed by atoms with E-state index < -0.39 is 0 Å². The van der Waals surface area contributed by atoms with Crippen LogP contribution in [0.3, 0.4) is 0 Å². The lowest BCUT2D eigenvalue weighted by Gasteiger charge is -2.16. The summed E-state index contributed by atoms with van der Waals surface area (Å²) in [6.45, 7) is 0. The molecule has 0 spiro atoms. The van der Waals surface area contributed by atoms with Crippen LogP contribution in [-0.4, -0.2) is 35.0 Å². The number of nitrogens with one attached hydrogen (secondary N) is 3. The lowest BCUT2D eigenvalue weighted by Crippen LogP contribution is -2.36. The standard InChI is InChI=1S/C22H25N3O3S/c26-20(9-5-4-8-19-21-18(14-29-19)24-22(27)25-21)23-15-10-12-17(13-11-15)28-16-6-2-1-3-7-16/h1-3,6-7,10-13,18-19,21H,4-5,8-9,14H2,(H,23,26)(H2,24,25,27). The summed E-state index contributed by atoms with van der Waals surface area (Å²) in [5, 5.41) is 9.34. The zero-order valence-electron chi connectivity index (χ0n) is 16.1. The van der Waals surface area contributed by atoms with Gasteiger partial charge in [-0.25, -0.2) is 4.79 Å².